The van der Waals surface area contributed by atoms with Crippen molar-refractivity contribution in [1.29, 1.82) is 0 Å². The molecule has 0 unspecified atom stereocenters. The molecule has 0 spiro atoms. The Kier molecular flexibility index (Phi) is 10.0. The second kappa shape index (κ2) is 12.8. The van der Waals surface area contributed by atoms with E-state index in [0.717, 1.165) is 0 Å². The number of anilines is 1. The van der Waals surface area contributed by atoms with Crippen molar-refractivity contribution in [3.05, 3.63) is 11.1 Å². The van der Waals surface area contributed by atoms with Crippen molar-refractivity contribution in [1.82, 2.24) is 4.98 Å². The molecule has 1 aromatic rings. The largest absolute Gasteiger partial charge is 0.359 e. The second-order valence-electron chi connectivity index (χ2n) is 9.07. The normalized spacial score (nSPS) is 23.4. The lowest BCUT2D eigenvalue weighted by atomic mass is 9.93. The van der Waals surface area contributed by atoms with E-state index in [1.807, 2.05) is 11.3 Å². The first-order chi connectivity index (χ1) is 13.4. The molecule has 2 fully saturated rings. The van der Waals surface area contributed by atoms with Gasteiger partial charge < -0.3 is 5.32 Å². The lowest BCUT2D eigenvalue weighted by molar-refractivity contribution is 0.476. The summed E-state index contributed by atoms with van der Waals surface area (Å²) < 4.78 is 0. The van der Waals surface area contributed by atoms with Gasteiger partial charge >= 0.3 is 0 Å². The van der Waals surface area contributed by atoms with Crippen LogP contribution in [0.25, 0.3) is 0 Å². The SMILES string of the molecule is c1sc(NC2CCCCCCCCC2)nc1C1CCCCCCCCCC1. The molecule has 2 saturated carbocycles. The van der Waals surface area contributed by atoms with E-state index in [9.17, 15) is 0 Å². The van der Waals surface area contributed by atoms with Gasteiger partial charge in [-0.2, -0.15) is 0 Å². The predicted molar refractivity (Wildman–Crippen MR) is 120 cm³/mol. The Bertz CT molecular complexity index is 476. The van der Waals surface area contributed by atoms with E-state index in [1.165, 1.54) is 133 Å². The van der Waals surface area contributed by atoms with Crippen LogP contribution in [-0.2, 0) is 0 Å². The summed E-state index contributed by atoms with van der Waals surface area (Å²) in [5, 5.41) is 7.39. The minimum Gasteiger partial charge on any atom is -0.359 e. The minimum absolute atomic E-state index is 0.648. The van der Waals surface area contributed by atoms with Crippen LogP contribution >= 0.6 is 11.3 Å². The van der Waals surface area contributed by atoms with Gasteiger partial charge in [-0.05, 0) is 25.7 Å². The van der Waals surface area contributed by atoms with Gasteiger partial charge in [-0.25, -0.2) is 4.98 Å². The summed E-state index contributed by atoms with van der Waals surface area (Å²) in [5.74, 6) is 0.707. The third-order valence-corrected chi connectivity index (χ3v) is 7.52. The topological polar surface area (TPSA) is 24.9 Å². The van der Waals surface area contributed by atoms with Crippen LogP contribution in [0.1, 0.15) is 134 Å². The van der Waals surface area contributed by atoms with Gasteiger partial charge in [-0.3, -0.25) is 0 Å². The van der Waals surface area contributed by atoms with Crippen molar-refractivity contribution < 1.29 is 0 Å². The molecule has 1 N–H and O–H groups in total. The van der Waals surface area contributed by atoms with Gasteiger partial charge in [0.2, 0.25) is 0 Å². The molecular weight excluding hydrogens is 348 g/mol. The fraction of sp³-hybridized carbons (Fsp3) is 0.875. The Morgan fingerprint density at radius 2 is 1.07 bits per heavy atom. The molecule has 3 rings (SSSR count). The van der Waals surface area contributed by atoms with E-state index >= 15 is 0 Å². The average molecular weight is 391 g/mol. The van der Waals surface area contributed by atoms with Crippen LogP contribution in [0.3, 0.4) is 0 Å². The molecule has 0 aliphatic heterocycles. The quantitative estimate of drug-likeness (QED) is 0.560. The van der Waals surface area contributed by atoms with Crippen LogP contribution in [0, 0.1) is 0 Å². The van der Waals surface area contributed by atoms with Gasteiger partial charge in [-0.15, -0.1) is 11.3 Å². The number of nitrogens with zero attached hydrogens (tertiary/aromatic N) is 1. The van der Waals surface area contributed by atoms with E-state index < -0.39 is 0 Å². The number of thiazole rings is 1. The van der Waals surface area contributed by atoms with Gasteiger partial charge in [0.1, 0.15) is 0 Å². The first-order valence-corrected chi connectivity index (χ1v) is 13.0. The van der Waals surface area contributed by atoms with Gasteiger partial charge in [-0.1, -0.05) is 96.3 Å². The molecule has 0 bridgehead atoms. The third kappa shape index (κ3) is 8.13. The Labute approximate surface area is 171 Å². The van der Waals surface area contributed by atoms with E-state index in [-0.39, 0.29) is 0 Å². The summed E-state index contributed by atoms with van der Waals surface area (Å²) >= 11 is 1.86. The van der Waals surface area contributed by atoms with Crippen molar-refractivity contribution in [3.8, 4) is 0 Å². The summed E-state index contributed by atoms with van der Waals surface area (Å²) in [7, 11) is 0. The monoisotopic (exact) mass is 390 g/mol. The summed E-state index contributed by atoms with van der Waals surface area (Å²) in [6, 6.07) is 0.648. The molecule has 1 heterocycles. The zero-order valence-electron chi connectivity index (χ0n) is 17.5. The minimum atomic E-state index is 0.648. The van der Waals surface area contributed by atoms with Crippen molar-refractivity contribution in [2.75, 3.05) is 5.32 Å². The Morgan fingerprint density at radius 1 is 0.630 bits per heavy atom. The zero-order chi connectivity index (χ0) is 18.6. The van der Waals surface area contributed by atoms with Crippen molar-refractivity contribution in [3.63, 3.8) is 0 Å². The molecule has 2 aliphatic carbocycles. The van der Waals surface area contributed by atoms with Crippen molar-refractivity contribution >= 4 is 16.5 Å². The van der Waals surface area contributed by atoms with Crippen LogP contribution in [0.2, 0.25) is 0 Å². The highest BCUT2D eigenvalue weighted by atomic mass is 32.1. The van der Waals surface area contributed by atoms with E-state index in [4.69, 9.17) is 4.98 Å². The smallest absolute Gasteiger partial charge is 0.183 e. The third-order valence-electron chi connectivity index (χ3n) is 6.73. The molecular formula is C24H42N2S. The van der Waals surface area contributed by atoms with Crippen LogP contribution in [-0.4, -0.2) is 11.0 Å². The molecule has 0 radical (unpaired) electrons. The van der Waals surface area contributed by atoms with Gasteiger partial charge in [0.15, 0.2) is 5.13 Å². The molecule has 27 heavy (non-hydrogen) atoms. The number of rotatable bonds is 3. The molecule has 0 saturated heterocycles. The van der Waals surface area contributed by atoms with Crippen LogP contribution in [0.5, 0.6) is 0 Å². The number of aromatic nitrogens is 1. The highest BCUT2D eigenvalue weighted by molar-refractivity contribution is 7.13. The lowest BCUT2D eigenvalue weighted by Gasteiger charge is -2.19. The number of hydrogen-bond donors (Lipinski definition) is 1. The van der Waals surface area contributed by atoms with Gasteiger partial charge in [0.05, 0.1) is 5.69 Å². The summed E-state index contributed by atoms with van der Waals surface area (Å²) in [4.78, 5) is 5.08. The standard InChI is InChI=1S/C24H42N2S/c1-2-5-9-13-17-21(16-12-8-4-1)23-20-27-24(26-23)25-22-18-14-10-6-3-7-11-15-19-22/h20-22H,1-19H2,(H,25,26). The average Bonchev–Trinajstić information content (AvgIpc) is 3.12. The molecule has 0 amide bonds. The molecule has 0 aromatic carbocycles. The fourth-order valence-corrected chi connectivity index (χ4v) is 5.82. The predicted octanol–water partition coefficient (Wildman–Crippen LogP) is 8.45. The van der Waals surface area contributed by atoms with Gasteiger partial charge in [0, 0.05) is 17.3 Å². The van der Waals surface area contributed by atoms with Gasteiger partial charge in [0.25, 0.3) is 0 Å². The van der Waals surface area contributed by atoms with Crippen molar-refractivity contribution in [2.24, 2.45) is 0 Å². The zero-order valence-corrected chi connectivity index (χ0v) is 18.3. The number of nitrogens with one attached hydrogen (secondary N) is 1. The first kappa shape index (κ1) is 21.1. The maximum atomic E-state index is 5.08. The molecule has 2 nitrogen and oxygen atoms in total. The summed E-state index contributed by atoms with van der Waals surface area (Å²) in [5.41, 5.74) is 1.39. The molecule has 0 atom stereocenters. The molecule has 1 aromatic heterocycles. The van der Waals surface area contributed by atoms with E-state index in [0.29, 0.717) is 12.0 Å². The number of hydrogen-bond acceptors (Lipinski definition) is 3. The summed E-state index contributed by atoms with van der Waals surface area (Å²) in [6.07, 6.45) is 26.8. The second-order valence-corrected chi connectivity index (χ2v) is 9.93. The Balaban J connectivity index is 1.53. The first-order valence-electron chi connectivity index (χ1n) is 12.1. The molecule has 2 aliphatic rings. The van der Waals surface area contributed by atoms with Crippen LogP contribution in [0.15, 0.2) is 5.38 Å². The maximum Gasteiger partial charge on any atom is 0.183 e. The van der Waals surface area contributed by atoms with E-state index in [1.54, 1.807) is 0 Å². The van der Waals surface area contributed by atoms with Crippen LogP contribution < -0.4 is 5.32 Å². The summed E-state index contributed by atoms with van der Waals surface area (Å²) in [6.45, 7) is 0. The maximum absolute atomic E-state index is 5.08. The molecule has 3 heteroatoms. The van der Waals surface area contributed by atoms with Crippen LogP contribution in [0.4, 0.5) is 5.13 Å². The highest BCUT2D eigenvalue weighted by Crippen LogP contribution is 2.32. The lowest BCUT2D eigenvalue weighted by Crippen LogP contribution is -2.19. The Hall–Kier alpha value is -0.570. The molecule has 154 valence electrons. The Morgan fingerprint density at radius 3 is 1.59 bits per heavy atom. The fourth-order valence-electron chi connectivity index (χ4n) is 4.95. The highest BCUT2D eigenvalue weighted by Gasteiger charge is 2.17. The van der Waals surface area contributed by atoms with Crippen molar-refractivity contribution in [2.45, 2.75) is 134 Å². The van der Waals surface area contributed by atoms with E-state index in [2.05, 4.69) is 10.7 Å².